The van der Waals surface area contributed by atoms with Crippen molar-refractivity contribution in [3.8, 4) is 0 Å². The summed E-state index contributed by atoms with van der Waals surface area (Å²) < 4.78 is 29.1. The zero-order valence-electron chi connectivity index (χ0n) is 13.7. The standard InChI is InChI=1S/C16H22N4O2S/c1-13-16(14(2)18(3)17-13)23(21,22)20-11-9-19(10-12-20)15-7-5-4-6-8-15/h4-8H,9-12H2,1-3H3. The van der Waals surface area contributed by atoms with Gasteiger partial charge in [-0.3, -0.25) is 4.68 Å². The molecule has 0 radical (unpaired) electrons. The fourth-order valence-electron chi connectivity index (χ4n) is 3.08. The third-order valence-electron chi connectivity index (χ3n) is 4.40. The smallest absolute Gasteiger partial charge is 0.246 e. The summed E-state index contributed by atoms with van der Waals surface area (Å²) in [6, 6.07) is 10.1. The van der Waals surface area contributed by atoms with Gasteiger partial charge in [0.05, 0.1) is 11.4 Å². The van der Waals surface area contributed by atoms with Crippen LogP contribution in [0.2, 0.25) is 0 Å². The third kappa shape index (κ3) is 2.86. The van der Waals surface area contributed by atoms with Gasteiger partial charge in [0.25, 0.3) is 0 Å². The van der Waals surface area contributed by atoms with Crippen LogP contribution in [0.1, 0.15) is 11.4 Å². The Balaban J connectivity index is 1.79. The lowest BCUT2D eigenvalue weighted by Gasteiger charge is -2.35. The molecule has 0 atom stereocenters. The van der Waals surface area contributed by atoms with Gasteiger partial charge in [-0.2, -0.15) is 9.40 Å². The molecule has 3 rings (SSSR count). The van der Waals surface area contributed by atoms with Crippen LogP contribution in [-0.4, -0.2) is 48.7 Å². The molecule has 0 amide bonds. The lowest BCUT2D eigenvalue weighted by Crippen LogP contribution is -2.48. The molecular formula is C16H22N4O2S. The van der Waals surface area contributed by atoms with Crippen LogP contribution < -0.4 is 4.90 Å². The number of hydrogen-bond acceptors (Lipinski definition) is 4. The van der Waals surface area contributed by atoms with Crippen molar-refractivity contribution in [1.82, 2.24) is 14.1 Å². The maximum Gasteiger partial charge on any atom is 0.246 e. The first-order valence-corrected chi connectivity index (χ1v) is 9.15. The van der Waals surface area contributed by atoms with Crippen LogP contribution in [0.3, 0.4) is 0 Å². The summed E-state index contributed by atoms with van der Waals surface area (Å²) in [5.74, 6) is 0. The Bertz CT molecular complexity index is 791. The average molecular weight is 334 g/mol. The largest absolute Gasteiger partial charge is 0.369 e. The topological polar surface area (TPSA) is 58.4 Å². The second-order valence-corrected chi connectivity index (χ2v) is 7.73. The van der Waals surface area contributed by atoms with Gasteiger partial charge in [0.15, 0.2) is 0 Å². The van der Waals surface area contributed by atoms with Crippen LogP contribution >= 0.6 is 0 Å². The van der Waals surface area contributed by atoms with E-state index in [-0.39, 0.29) is 0 Å². The minimum absolute atomic E-state index is 0.355. The lowest BCUT2D eigenvalue weighted by molar-refractivity contribution is 0.384. The summed E-state index contributed by atoms with van der Waals surface area (Å²) in [7, 11) is -1.71. The number of rotatable bonds is 3. The summed E-state index contributed by atoms with van der Waals surface area (Å²) in [5, 5.41) is 4.23. The summed E-state index contributed by atoms with van der Waals surface area (Å²) in [4.78, 5) is 2.57. The number of benzene rings is 1. The molecule has 0 N–H and O–H groups in total. The highest BCUT2D eigenvalue weighted by molar-refractivity contribution is 7.89. The maximum atomic E-state index is 12.9. The quantitative estimate of drug-likeness (QED) is 0.854. The minimum Gasteiger partial charge on any atom is -0.369 e. The number of sulfonamides is 1. The Morgan fingerprint density at radius 1 is 1.00 bits per heavy atom. The number of para-hydroxylation sites is 1. The second-order valence-electron chi connectivity index (χ2n) is 5.85. The van der Waals surface area contributed by atoms with Crippen molar-refractivity contribution in [1.29, 1.82) is 0 Å². The van der Waals surface area contributed by atoms with Crippen LogP contribution in [-0.2, 0) is 17.1 Å². The number of anilines is 1. The van der Waals surface area contributed by atoms with Crippen molar-refractivity contribution in [2.45, 2.75) is 18.7 Å². The molecule has 7 heteroatoms. The monoisotopic (exact) mass is 334 g/mol. The molecule has 0 aliphatic carbocycles. The predicted molar refractivity (Wildman–Crippen MR) is 90.1 cm³/mol. The molecule has 0 unspecified atom stereocenters. The van der Waals surface area contributed by atoms with Crippen LogP contribution in [0.15, 0.2) is 35.2 Å². The van der Waals surface area contributed by atoms with Crippen molar-refractivity contribution < 1.29 is 8.42 Å². The molecule has 0 bridgehead atoms. The highest BCUT2D eigenvalue weighted by Gasteiger charge is 2.32. The van der Waals surface area contributed by atoms with Gasteiger partial charge >= 0.3 is 0 Å². The highest BCUT2D eigenvalue weighted by atomic mass is 32.2. The molecule has 0 saturated carbocycles. The van der Waals surface area contributed by atoms with E-state index < -0.39 is 10.0 Å². The Kier molecular flexibility index (Phi) is 4.16. The zero-order valence-corrected chi connectivity index (χ0v) is 14.5. The van der Waals surface area contributed by atoms with Crippen LogP contribution in [0, 0.1) is 13.8 Å². The van der Waals surface area contributed by atoms with Crippen molar-refractivity contribution in [3.63, 3.8) is 0 Å². The van der Waals surface area contributed by atoms with Gasteiger partial charge in [0.1, 0.15) is 4.90 Å². The Morgan fingerprint density at radius 2 is 1.61 bits per heavy atom. The van der Waals surface area contributed by atoms with E-state index in [4.69, 9.17) is 0 Å². The molecule has 23 heavy (non-hydrogen) atoms. The molecule has 124 valence electrons. The Hall–Kier alpha value is -1.86. The molecule has 1 saturated heterocycles. The molecule has 1 aromatic heterocycles. The van der Waals surface area contributed by atoms with Gasteiger partial charge in [-0.15, -0.1) is 0 Å². The van der Waals surface area contributed by atoms with E-state index in [2.05, 4.69) is 22.1 Å². The maximum absolute atomic E-state index is 12.9. The fraction of sp³-hybridized carbons (Fsp3) is 0.438. The van der Waals surface area contributed by atoms with Gasteiger partial charge in [-0.05, 0) is 26.0 Å². The normalized spacial score (nSPS) is 16.7. The van der Waals surface area contributed by atoms with Gasteiger partial charge in [-0.25, -0.2) is 8.42 Å². The van der Waals surface area contributed by atoms with Crippen molar-refractivity contribution >= 4 is 15.7 Å². The molecule has 2 aromatic rings. The van der Waals surface area contributed by atoms with E-state index in [9.17, 15) is 8.42 Å². The zero-order chi connectivity index (χ0) is 16.6. The molecule has 1 aliphatic rings. The Labute approximate surface area is 137 Å². The first-order chi connectivity index (χ1) is 10.9. The van der Waals surface area contributed by atoms with E-state index in [1.165, 1.54) is 0 Å². The summed E-state index contributed by atoms with van der Waals surface area (Å²) in [6.07, 6.45) is 0. The minimum atomic E-state index is -3.48. The van der Waals surface area contributed by atoms with Gasteiger partial charge in [-0.1, -0.05) is 18.2 Å². The highest BCUT2D eigenvalue weighted by Crippen LogP contribution is 2.25. The SMILES string of the molecule is Cc1nn(C)c(C)c1S(=O)(=O)N1CCN(c2ccccc2)CC1. The van der Waals surface area contributed by atoms with E-state index in [0.29, 0.717) is 42.5 Å². The number of piperazine rings is 1. The van der Waals surface area contributed by atoms with Crippen LogP contribution in [0.5, 0.6) is 0 Å². The van der Waals surface area contributed by atoms with E-state index in [1.54, 1.807) is 29.9 Å². The molecule has 1 aromatic carbocycles. The molecule has 1 fully saturated rings. The molecule has 6 nitrogen and oxygen atoms in total. The number of aromatic nitrogens is 2. The van der Waals surface area contributed by atoms with Crippen molar-refractivity contribution in [2.75, 3.05) is 31.1 Å². The van der Waals surface area contributed by atoms with Gasteiger partial charge in [0, 0.05) is 38.9 Å². The first kappa shape index (κ1) is 16.0. The van der Waals surface area contributed by atoms with Crippen LogP contribution in [0.25, 0.3) is 0 Å². The summed E-state index contributed by atoms with van der Waals surface area (Å²) >= 11 is 0. The molecule has 2 heterocycles. The molecule has 0 spiro atoms. The van der Waals surface area contributed by atoms with E-state index in [0.717, 1.165) is 5.69 Å². The van der Waals surface area contributed by atoms with Gasteiger partial charge in [0.2, 0.25) is 10.0 Å². The predicted octanol–water partition coefficient (Wildman–Crippen LogP) is 1.55. The van der Waals surface area contributed by atoms with Crippen molar-refractivity contribution in [3.05, 3.63) is 41.7 Å². The number of nitrogens with zero attached hydrogens (tertiary/aromatic N) is 4. The van der Waals surface area contributed by atoms with Crippen molar-refractivity contribution in [2.24, 2.45) is 7.05 Å². The summed E-state index contributed by atoms with van der Waals surface area (Å²) in [6.45, 7) is 5.92. The summed E-state index contributed by atoms with van der Waals surface area (Å²) in [5.41, 5.74) is 2.39. The fourth-order valence-corrected chi connectivity index (χ4v) is 4.90. The molecule has 1 aliphatic heterocycles. The number of hydrogen-bond donors (Lipinski definition) is 0. The second kappa shape index (κ2) is 5.98. The first-order valence-electron chi connectivity index (χ1n) is 7.71. The Morgan fingerprint density at radius 3 is 2.13 bits per heavy atom. The average Bonchev–Trinajstić information content (AvgIpc) is 2.81. The third-order valence-corrected chi connectivity index (χ3v) is 6.55. The van der Waals surface area contributed by atoms with Gasteiger partial charge < -0.3 is 4.90 Å². The lowest BCUT2D eigenvalue weighted by atomic mass is 10.2. The van der Waals surface area contributed by atoms with E-state index >= 15 is 0 Å². The number of aryl methyl sites for hydroxylation is 2. The van der Waals surface area contributed by atoms with Crippen LogP contribution in [0.4, 0.5) is 5.69 Å². The van der Waals surface area contributed by atoms with E-state index in [1.807, 2.05) is 18.2 Å². The molecular weight excluding hydrogens is 312 g/mol.